The van der Waals surface area contributed by atoms with Gasteiger partial charge in [-0.05, 0) is 32.4 Å². The largest absolute Gasteiger partial charge is 0.401 e. The Morgan fingerprint density at radius 1 is 1.41 bits per heavy atom. The van der Waals surface area contributed by atoms with Crippen LogP contribution >= 0.6 is 11.8 Å². The highest BCUT2D eigenvalue weighted by Crippen LogP contribution is 2.19. The van der Waals surface area contributed by atoms with E-state index in [9.17, 15) is 9.59 Å². The zero-order chi connectivity index (χ0) is 19.8. The van der Waals surface area contributed by atoms with Crippen LogP contribution in [-0.2, 0) is 16.1 Å². The van der Waals surface area contributed by atoms with Crippen molar-refractivity contribution in [2.45, 2.75) is 32.0 Å². The molecule has 0 aliphatic rings. The minimum Gasteiger partial charge on any atom is -0.401 e. The van der Waals surface area contributed by atoms with Crippen molar-refractivity contribution in [1.29, 1.82) is 5.26 Å². The van der Waals surface area contributed by atoms with Gasteiger partial charge in [-0.15, -0.1) is 0 Å². The molecule has 7 nitrogen and oxygen atoms in total. The Kier molecular flexibility index (Phi) is 7.58. The maximum Gasteiger partial charge on any atom is 0.262 e. The van der Waals surface area contributed by atoms with Crippen molar-refractivity contribution in [3.8, 4) is 6.07 Å². The molecule has 1 aromatic heterocycles. The Morgan fingerprint density at radius 3 is 2.81 bits per heavy atom. The first kappa shape index (κ1) is 20.7. The molecule has 142 valence electrons. The van der Waals surface area contributed by atoms with Crippen molar-refractivity contribution >= 4 is 28.4 Å². The van der Waals surface area contributed by atoms with Crippen molar-refractivity contribution < 1.29 is 9.53 Å². The monoisotopic (exact) mass is 386 g/mol. The van der Waals surface area contributed by atoms with Crippen molar-refractivity contribution in [3.05, 3.63) is 45.9 Å². The standard InChI is InChI=1S/C19H22N4O3S/c1-3-26-10-6-9-23-18(25)14-7-4-5-8-16(14)22-19(23)27-12-17(24)15(11-20)13(2)21/h4-5,7-8H,3,6,9-10,12,21H2,1-2H3. The lowest BCUT2D eigenvalue weighted by Gasteiger charge is -2.13. The first-order valence-electron chi connectivity index (χ1n) is 8.59. The summed E-state index contributed by atoms with van der Waals surface area (Å²) in [5.74, 6) is -0.404. The van der Waals surface area contributed by atoms with Gasteiger partial charge in [-0.1, -0.05) is 23.9 Å². The van der Waals surface area contributed by atoms with E-state index in [4.69, 9.17) is 15.7 Å². The van der Waals surface area contributed by atoms with Gasteiger partial charge in [0, 0.05) is 25.5 Å². The number of hydrogen-bond donors (Lipinski definition) is 1. The van der Waals surface area contributed by atoms with Gasteiger partial charge in [0.1, 0.15) is 11.6 Å². The summed E-state index contributed by atoms with van der Waals surface area (Å²) >= 11 is 1.13. The number of fused-ring (bicyclic) bond motifs is 1. The number of aromatic nitrogens is 2. The van der Waals surface area contributed by atoms with Gasteiger partial charge in [0.25, 0.3) is 5.56 Å². The van der Waals surface area contributed by atoms with E-state index in [1.165, 1.54) is 6.92 Å². The third kappa shape index (κ3) is 5.18. The summed E-state index contributed by atoms with van der Waals surface area (Å²) in [5, 5.41) is 10.0. The third-order valence-electron chi connectivity index (χ3n) is 3.82. The van der Waals surface area contributed by atoms with E-state index in [0.29, 0.717) is 42.2 Å². The number of ether oxygens (including phenoxy) is 1. The van der Waals surface area contributed by atoms with E-state index in [1.54, 1.807) is 22.8 Å². The lowest BCUT2D eigenvalue weighted by atomic mass is 10.2. The topological polar surface area (TPSA) is 111 Å². The van der Waals surface area contributed by atoms with Crippen LogP contribution in [0.15, 0.2) is 45.5 Å². The summed E-state index contributed by atoms with van der Waals surface area (Å²) in [6, 6.07) is 8.92. The molecule has 0 atom stereocenters. The molecule has 0 saturated carbocycles. The fraction of sp³-hybridized carbons (Fsp3) is 0.368. The molecular formula is C19H22N4O3S. The summed E-state index contributed by atoms with van der Waals surface area (Å²) in [4.78, 5) is 29.6. The van der Waals surface area contributed by atoms with Gasteiger partial charge in [-0.25, -0.2) is 4.98 Å². The molecule has 2 aromatic rings. The number of ketones is 1. The number of rotatable bonds is 9. The Bertz CT molecular complexity index is 956. The first-order valence-corrected chi connectivity index (χ1v) is 9.57. The van der Waals surface area contributed by atoms with Gasteiger partial charge in [-0.2, -0.15) is 5.26 Å². The molecule has 0 aliphatic carbocycles. The van der Waals surface area contributed by atoms with Crippen LogP contribution in [0.2, 0.25) is 0 Å². The SMILES string of the molecule is CCOCCCn1c(SCC(=O)C(C#N)=C(C)N)nc2ccccc2c1=O. The average molecular weight is 386 g/mol. The van der Waals surface area contributed by atoms with E-state index in [2.05, 4.69) is 4.98 Å². The predicted molar refractivity (Wildman–Crippen MR) is 105 cm³/mol. The van der Waals surface area contributed by atoms with Crippen molar-refractivity contribution in [2.24, 2.45) is 5.73 Å². The van der Waals surface area contributed by atoms with Gasteiger partial charge in [-0.3, -0.25) is 14.2 Å². The van der Waals surface area contributed by atoms with Crippen molar-refractivity contribution in [3.63, 3.8) is 0 Å². The highest BCUT2D eigenvalue weighted by molar-refractivity contribution is 7.99. The molecule has 0 unspecified atom stereocenters. The molecule has 0 bridgehead atoms. The minimum absolute atomic E-state index is 0.0202. The van der Waals surface area contributed by atoms with Gasteiger partial charge >= 0.3 is 0 Å². The number of Topliss-reactive ketones (excluding diaryl/α,β-unsaturated/α-hetero) is 1. The molecule has 0 radical (unpaired) electrons. The van der Waals surface area contributed by atoms with E-state index in [1.807, 2.05) is 19.1 Å². The van der Waals surface area contributed by atoms with E-state index in [0.717, 1.165) is 11.8 Å². The Balaban J connectivity index is 2.33. The fourth-order valence-electron chi connectivity index (χ4n) is 2.50. The number of thioether (sulfide) groups is 1. The zero-order valence-electron chi connectivity index (χ0n) is 15.4. The lowest BCUT2D eigenvalue weighted by molar-refractivity contribution is -0.112. The molecule has 2 N–H and O–H groups in total. The van der Waals surface area contributed by atoms with E-state index >= 15 is 0 Å². The number of benzene rings is 1. The van der Waals surface area contributed by atoms with E-state index < -0.39 is 0 Å². The summed E-state index contributed by atoms with van der Waals surface area (Å²) in [7, 11) is 0. The highest BCUT2D eigenvalue weighted by atomic mass is 32.2. The van der Waals surface area contributed by atoms with Gasteiger partial charge in [0.2, 0.25) is 0 Å². The molecule has 0 spiro atoms. The van der Waals surface area contributed by atoms with Crippen molar-refractivity contribution in [1.82, 2.24) is 9.55 Å². The molecule has 0 fully saturated rings. The van der Waals surface area contributed by atoms with Crippen LogP contribution in [0.4, 0.5) is 0 Å². The molecular weight excluding hydrogens is 364 g/mol. The summed E-state index contributed by atoms with van der Waals surface area (Å²) in [6.45, 7) is 5.01. The number of carbonyl (C=O) groups excluding carboxylic acids is 1. The minimum atomic E-state index is -0.384. The highest BCUT2D eigenvalue weighted by Gasteiger charge is 2.16. The molecule has 2 rings (SSSR count). The van der Waals surface area contributed by atoms with E-state index in [-0.39, 0.29) is 28.4 Å². The molecule has 1 aromatic carbocycles. The molecule has 0 aliphatic heterocycles. The third-order valence-corrected chi connectivity index (χ3v) is 4.79. The number of hydrogen-bond acceptors (Lipinski definition) is 7. The fourth-order valence-corrected chi connectivity index (χ4v) is 3.39. The van der Waals surface area contributed by atoms with Crippen LogP contribution in [0, 0.1) is 11.3 Å². The normalized spacial score (nSPS) is 11.9. The zero-order valence-corrected chi connectivity index (χ0v) is 16.2. The predicted octanol–water partition coefficient (Wildman–Crippen LogP) is 2.24. The Morgan fingerprint density at radius 2 is 2.15 bits per heavy atom. The van der Waals surface area contributed by atoms with Crippen molar-refractivity contribution in [2.75, 3.05) is 19.0 Å². The number of nitriles is 1. The van der Waals surface area contributed by atoms with Gasteiger partial charge in [0.05, 0.1) is 16.7 Å². The molecule has 0 amide bonds. The smallest absolute Gasteiger partial charge is 0.262 e. The molecule has 0 saturated heterocycles. The summed E-state index contributed by atoms with van der Waals surface area (Å²) in [6.07, 6.45) is 0.653. The number of nitrogens with zero attached hydrogens (tertiary/aromatic N) is 3. The van der Waals surface area contributed by atoms with Crippen LogP contribution in [0.1, 0.15) is 20.3 Å². The molecule has 1 heterocycles. The molecule has 8 heteroatoms. The van der Waals surface area contributed by atoms with Crippen LogP contribution in [-0.4, -0.2) is 34.3 Å². The average Bonchev–Trinajstić information content (AvgIpc) is 2.65. The second kappa shape index (κ2) is 9.90. The number of carbonyl (C=O) groups is 1. The van der Waals surface area contributed by atoms with Crippen LogP contribution in [0.25, 0.3) is 10.9 Å². The lowest BCUT2D eigenvalue weighted by Crippen LogP contribution is -2.24. The second-order valence-electron chi connectivity index (χ2n) is 5.80. The number of nitrogens with two attached hydrogens (primary N) is 1. The number of allylic oxidation sites excluding steroid dienone is 2. The maximum absolute atomic E-state index is 12.9. The van der Waals surface area contributed by atoms with Crippen LogP contribution < -0.4 is 11.3 Å². The molecule has 27 heavy (non-hydrogen) atoms. The maximum atomic E-state index is 12.9. The second-order valence-corrected chi connectivity index (χ2v) is 6.74. The quantitative estimate of drug-likeness (QED) is 0.231. The number of para-hydroxylation sites is 1. The van der Waals surface area contributed by atoms with Crippen LogP contribution in [0.3, 0.4) is 0 Å². The van der Waals surface area contributed by atoms with Crippen LogP contribution in [0.5, 0.6) is 0 Å². The van der Waals surface area contributed by atoms with Gasteiger partial charge in [0.15, 0.2) is 10.9 Å². The summed E-state index contributed by atoms with van der Waals surface area (Å²) in [5.41, 5.74) is 6.12. The van der Waals surface area contributed by atoms with Gasteiger partial charge < -0.3 is 10.5 Å². The Labute approximate surface area is 161 Å². The first-order chi connectivity index (χ1) is 13.0. The summed E-state index contributed by atoms with van der Waals surface area (Å²) < 4.78 is 6.90. The Hall–Kier alpha value is -2.63.